The van der Waals surface area contributed by atoms with Gasteiger partial charge in [0.05, 0.1) is 19.4 Å². The third kappa shape index (κ3) is 6.09. The molecule has 2 aromatic carbocycles. The Kier molecular flexibility index (Phi) is 8.20. The molecule has 2 amide bonds. The lowest BCUT2D eigenvalue weighted by atomic mass is 9.89. The molecule has 0 bridgehead atoms. The van der Waals surface area contributed by atoms with Gasteiger partial charge in [0, 0.05) is 29.5 Å². The van der Waals surface area contributed by atoms with Gasteiger partial charge < -0.3 is 14.8 Å². The van der Waals surface area contributed by atoms with E-state index in [1.807, 2.05) is 32.9 Å². The van der Waals surface area contributed by atoms with Gasteiger partial charge in [-0.15, -0.1) is 0 Å². The maximum Gasteiger partial charge on any atom is 0.387 e. The number of nitrogens with one attached hydrogen (secondary N) is 1. The molecule has 7 nitrogen and oxygen atoms in total. The standard InChI is InChI=1S/C25H29F2N3O4/c1-5-17-13-22(31)30(14-16-6-9-19(10-7-16)28-24(32)15(2)3)29-23(17)18-8-11-20(34-25(26)27)21(12-18)33-4/h6-12,15,17,25H,5,13-14H2,1-4H3,(H,28,32). The monoisotopic (exact) mass is 473 g/mol. The summed E-state index contributed by atoms with van der Waals surface area (Å²) in [6, 6.07) is 11.9. The van der Waals surface area contributed by atoms with Crippen LogP contribution in [-0.4, -0.2) is 36.3 Å². The van der Waals surface area contributed by atoms with E-state index in [-0.39, 0.29) is 48.1 Å². The molecule has 1 unspecified atom stereocenters. The minimum atomic E-state index is -2.96. The predicted octanol–water partition coefficient (Wildman–Crippen LogP) is 5.05. The fraction of sp³-hybridized carbons (Fsp3) is 0.400. The van der Waals surface area contributed by atoms with Gasteiger partial charge in [-0.25, -0.2) is 5.01 Å². The number of hydrazone groups is 1. The van der Waals surface area contributed by atoms with Crippen molar-refractivity contribution < 1.29 is 27.8 Å². The second-order valence-electron chi connectivity index (χ2n) is 8.33. The van der Waals surface area contributed by atoms with Crippen molar-refractivity contribution in [1.29, 1.82) is 0 Å². The third-order valence-electron chi connectivity index (χ3n) is 5.57. The van der Waals surface area contributed by atoms with Crippen molar-refractivity contribution in [3.8, 4) is 11.5 Å². The summed E-state index contributed by atoms with van der Waals surface area (Å²) in [5.41, 5.74) is 2.90. The van der Waals surface area contributed by atoms with Crippen LogP contribution < -0.4 is 14.8 Å². The summed E-state index contributed by atoms with van der Waals surface area (Å²) in [6.07, 6.45) is 0.982. The van der Waals surface area contributed by atoms with Crippen LogP contribution in [0.3, 0.4) is 0 Å². The number of benzene rings is 2. The van der Waals surface area contributed by atoms with E-state index in [9.17, 15) is 18.4 Å². The van der Waals surface area contributed by atoms with Crippen LogP contribution in [0.2, 0.25) is 0 Å². The number of carbonyl (C=O) groups excluding carboxylic acids is 2. The van der Waals surface area contributed by atoms with E-state index in [4.69, 9.17) is 4.74 Å². The lowest BCUT2D eigenvalue weighted by molar-refractivity contribution is -0.133. The number of carbonyl (C=O) groups is 2. The van der Waals surface area contributed by atoms with Crippen molar-refractivity contribution in [2.75, 3.05) is 12.4 Å². The maximum atomic E-state index is 12.8. The normalized spacial score (nSPS) is 16.0. The molecule has 1 aliphatic heterocycles. The van der Waals surface area contributed by atoms with E-state index in [2.05, 4.69) is 15.2 Å². The first-order valence-electron chi connectivity index (χ1n) is 11.1. The molecule has 0 spiro atoms. The number of alkyl halides is 2. The first kappa shape index (κ1) is 25.1. The number of halogens is 2. The Bertz CT molecular complexity index is 1050. The van der Waals surface area contributed by atoms with Crippen LogP contribution in [-0.2, 0) is 16.1 Å². The molecule has 9 heteroatoms. The molecule has 1 N–H and O–H groups in total. The molecule has 0 aliphatic carbocycles. The van der Waals surface area contributed by atoms with Gasteiger partial charge in [-0.3, -0.25) is 9.59 Å². The van der Waals surface area contributed by atoms with Crippen molar-refractivity contribution >= 4 is 23.2 Å². The van der Waals surface area contributed by atoms with Gasteiger partial charge >= 0.3 is 6.61 Å². The van der Waals surface area contributed by atoms with Gasteiger partial charge in [-0.05, 0) is 42.3 Å². The Balaban J connectivity index is 1.84. The Labute approximate surface area is 197 Å². The zero-order valence-electron chi connectivity index (χ0n) is 19.7. The molecule has 182 valence electrons. The predicted molar refractivity (Wildman–Crippen MR) is 125 cm³/mol. The van der Waals surface area contributed by atoms with Crippen molar-refractivity contribution in [2.24, 2.45) is 16.9 Å². The molecule has 2 aromatic rings. The summed E-state index contributed by atoms with van der Waals surface area (Å²) in [5.74, 6) is -0.304. The average molecular weight is 474 g/mol. The molecule has 1 atom stereocenters. The van der Waals surface area contributed by atoms with Gasteiger partial charge in [-0.2, -0.15) is 13.9 Å². The summed E-state index contributed by atoms with van der Waals surface area (Å²) in [6.45, 7) is 2.91. The van der Waals surface area contributed by atoms with E-state index in [1.165, 1.54) is 18.2 Å². The molecular formula is C25H29F2N3O4. The Hall–Kier alpha value is -3.49. The Morgan fingerprint density at radius 2 is 1.88 bits per heavy atom. The highest BCUT2D eigenvalue weighted by Crippen LogP contribution is 2.33. The smallest absolute Gasteiger partial charge is 0.387 e. The van der Waals surface area contributed by atoms with Crippen molar-refractivity contribution in [3.63, 3.8) is 0 Å². The van der Waals surface area contributed by atoms with Crippen molar-refractivity contribution in [1.82, 2.24) is 5.01 Å². The Morgan fingerprint density at radius 1 is 1.18 bits per heavy atom. The summed E-state index contributed by atoms with van der Waals surface area (Å²) < 4.78 is 35.1. The summed E-state index contributed by atoms with van der Waals surface area (Å²) in [7, 11) is 1.38. The summed E-state index contributed by atoms with van der Waals surface area (Å²) in [5, 5.41) is 8.88. The van der Waals surface area contributed by atoms with E-state index in [0.29, 0.717) is 23.4 Å². The molecule has 3 rings (SSSR count). The highest BCUT2D eigenvalue weighted by molar-refractivity contribution is 6.06. The fourth-order valence-corrected chi connectivity index (χ4v) is 3.61. The SMILES string of the molecule is CCC1CC(=O)N(Cc2ccc(NC(=O)C(C)C)cc2)N=C1c1ccc(OC(F)F)c(OC)c1. The minimum absolute atomic E-state index is 0.0664. The average Bonchev–Trinajstić information content (AvgIpc) is 2.81. The van der Waals surface area contributed by atoms with Crippen LogP contribution in [0.5, 0.6) is 11.5 Å². The number of rotatable bonds is 9. The fourth-order valence-electron chi connectivity index (χ4n) is 3.61. The minimum Gasteiger partial charge on any atom is -0.493 e. The molecule has 0 saturated carbocycles. The van der Waals surface area contributed by atoms with E-state index in [1.54, 1.807) is 24.3 Å². The maximum absolute atomic E-state index is 12.8. The van der Waals surface area contributed by atoms with Crippen LogP contribution in [0.15, 0.2) is 47.6 Å². The van der Waals surface area contributed by atoms with Crippen LogP contribution in [0.1, 0.15) is 44.7 Å². The first-order valence-corrected chi connectivity index (χ1v) is 11.1. The largest absolute Gasteiger partial charge is 0.493 e. The second-order valence-corrected chi connectivity index (χ2v) is 8.33. The zero-order chi connectivity index (χ0) is 24.8. The van der Waals surface area contributed by atoms with Crippen molar-refractivity contribution in [3.05, 3.63) is 53.6 Å². The zero-order valence-corrected chi connectivity index (χ0v) is 19.7. The number of methoxy groups -OCH3 is 1. The number of anilines is 1. The van der Waals surface area contributed by atoms with Crippen LogP contribution in [0, 0.1) is 11.8 Å². The molecule has 0 fully saturated rings. The molecule has 0 aromatic heterocycles. The number of hydrogen-bond donors (Lipinski definition) is 1. The molecular weight excluding hydrogens is 444 g/mol. The van der Waals surface area contributed by atoms with Gasteiger partial charge in [0.2, 0.25) is 11.8 Å². The lowest BCUT2D eigenvalue weighted by Crippen LogP contribution is -2.36. The molecule has 0 saturated heterocycles. The van der Waals surface area contributed by atoms with E-state index in [0.717, 1.165) is 5.56 Å². The first-order chi connectivity index (χ1) is 16.2. The molecule has 1 heterocycles. The van der Waals surface area contributed by atoms with Gasteiger partial charge in [0.1, 0.15) is 0 Å². The number of amides is 2. The molecule has 34 heavy (non-hydrogen) atoms. The van der Waals surface area contributed by atoms with E-state index < -0.39 is 6.61 Å². The van der Waals surface area contributed by atoms with Crippen LogP contribution >= 0.6 is 0 Å². The van der Waals surface area contributed by atoms with E-state index >= 15 is 0 Å². The lowest BCUT2D eigenvalue weighted by Gasteiger charge is -2.29. The number of nitrogens with zero attached hydrogens (tertiary/aromatic N) is 2. The highest BCUT2D eigenvalue weighted by Gasteiger charge is 2.30. The number of ether oxygens (including phenoxy) is 2. The van der Waals surface area contributed by atoms with Crippen molar-refractivity contribution in [2.45, 2.75) is 46.8 Å². The highest BCUT2D eigenvalue weighted by atomic mass is 19.3. The van der Waals surface area contributed by atoms with Gasteiger partial charge in [-0.1, -0.05) is 32.9 Å². The summed E-state index contributed by atoms with van der Waals surface area (Å²) >= 11 is 0. The van der Waals surface area contributed by atoms with Crippen LogP contribution in [0.25, 0.3) is 0 Å². The second kappa shape index (κ2) is 11.1. The molecule has 1 aliphatic rings. The Morgan fingerprint density at radius 3 is 2.47 bits per heavy atom. The summed E-state index contributed by atoms with van der Waals surface area (Å²) in [4.78, 5) is 24.6. The molecule has 0 radical (unpaired) electrons. The topological polar surface area (TPSA) is 80.2 Å². The number of hydrogen-bond acceptors (Lipinski definition) is 5. The quantitative estimate of drug-likeness (QED) is 0.553. The van der Waals surface area contributed by atoms with Gasteiger partial charge in [0.25, 0.3) is 0 Å². The van der Waals surface area contributed by atoms with Gasteiger partial charge in [0.15, 0.2) is 11.5 Å². The van der Waals surface area contributed by atoms with Crippen LogP contribution in [0.4, 0.5) is 14.5 Å². The third-order valence-corrected chi connectivity index (χ3v) is 5.57.